The molecule has 2 aromatic carbocycles. The zero-order chi connectivity index (χ0) is 19.8. The van der Waals surface area contributed by atoms with E-state index in [1.807, 2.05) is 54.9 Å². The van der Waals surface area contributed by atoms with Crippen LogP contribution in [0.3, 0.4) is 0 Å². The summed E-state index contributed by atoms with van der Waals surface area (Å²) in [5.74, 6) is 1.67. The van der Waals surface area contributed by atoms with E-state index in [1.54, 1.807) is 4.63 Å². The molecule has 6 nitrogen and oxygen atoms in total. The molecule has 0 saturated heterocycles. The van der Waals surface area contributed by atoms with Crippen molar-refractivity contribution in [3.63, 3.8) is 0 Å². The largest absolute Gasteiger partial charge is 0.473 e. The molecule has 7 heteroatoms. The lowest BCUT2D eigenvalue weighted by Gasteiger charge is -2.11. The van der Waals surface area contributed by atoms with Crippen LogP contribution in [0.5, 0.6) is 5.75 Å². The number of fused-ring (bicyclic) bond motifs is 1. The van der Waals surface area contributed by atoms with Gasteiger partial charge in [0, 0.05) is 18.3 Å². The second kappa shape index (κ2) is 7.20. The number of aromatic nitrogens is 4. The molecule has 0 radical (unpaired) electrons. The molecule has 0 atom stereocenters. The van der Waals surface area contributed by atoms with Crippen molar-refractivity contribution in [2.75, 3.05) is 12.0 Å². The van der Waals surface area contributed by atoms with Crippen LogP contribution in [0, 0.1) is 20.8 Å². The summed E-state index contributed by atoms with van der Waals surface area (Å²) in [6, 6.07) is 14.2. The lowest BCUT2D eigenvalue weighted by molar-refractivity contribution is 0.346. The molecule has 0 aliphatic rings. The van der Waals surface area contributed by atoms with E-state index < -0.39 is 0 Å². The van der Waals surface area contributed by atoms with Crippen molar-refractivity contribution in [1.29, 1.82) is 0 Å². The minimum atomic E-state index is 0.396. The monoisotopic (exact) mass is 395 g/mol. The summed E-state index contributed by atoms with van der Waals surface area (Å²) >= 11 is 6.33. The van der Waals surface area contributed by atoms with E-state index in [4.69, 9.17) is 16.3 Å². The quantitative estimate of drug-likeness (QED) is 0.495. The summed E-state index contributed by atoms with van der Waals surface area (Å²) in [6.45, 7) is 6.40. The standard InChI is InChI=1S/C21H22ClN5O/c1-13-9-14(2)11-18(10-13)28-12-23-17-7-5-16(6-8-17)20-25-27-21(26(20)4)19(22)15(3)24-27/h5-11,23H,12H2,1-4H3. The zero-order valence-corrected chi connectivity index (χ0v) is 17.1. The maximum absolute atomic E-state index is 6.33. The molecule has 4 aromatic rings. The first-order chi connectivity index (χ1) is 13.4. The number of hydrogen-bond donors (Lipinski definition) is 1. The van der Waals surface area contributed by atoms with Crippen LogP contribution in [-0.4, -0.2) is 26.1 Å². The van der Waals surface area contributed by atoms with Gasteiger partial charge in [-0.1, -0.05) is 17.7 Å². The van der Waals surface area contributed by atoms with Gasteiger partial charge < -0.3 is 14.6 Å². The number of nitrogens with zero attached hydrogens (tertiary/aromatic N) is 4. The third kappa shape index (κ3) is 3.43. The first kappa shape index (κ1) is 18.4. The third-order valence-electron chi connectivity index (χ3n) is 4.63. The van der Waals surface area contributed by atoms with Crippen LogP contribution >= 0.6 is 11.6 Å². The molecule has 144 valence electrons. The fourth-order valence-corrected chi connectivity index (χ4v) is 3.54. The van der Waals surface area contributed by atoms with E-state index in [0.717, 1.165) is 34.2 Å². The van der Waals surface area contributed by atoms with Gasteiger partial charge in [0.25, 0.3) is 0 Å². The fraction of sp³-hybridized carbons (Fsp3) is 0.238. The van der Waals surface area contributed by atoms with E-state index >= 15 is 0 Å². The lowest BCUT2D eigenvalue weighted by Crippen LogP contribution is -2.09. The Morgan fingerprint density at radius 3 is 2.32 bits per heavy atom. The van der Waals surface area contributed by atoms with Gasteiger partial charge in [0.15, 0.2) is 18.2 Å². The van der Waals surface area contributed by atoms with Gasteiger partial charge in [-0.15, -0.1) is 9.73 Å². The van der Waals surface area contributed by atoms with Gasteiger partial charge in [0.05, 0.1) is 5.69 Å². The van der Waals surface area contributed by atoms with Crippen molar-refractivity contribution in [2.45, 2.75) is 20.8 Å². The Kier molecular flexibility index (Phi) is 4.73. The summed E-state index contributed by atoms with van der Waals surface area (Å²) in [7, 11) is 1.94. The van der Waals surface area contributed by atoms with Crippen LogP contribution in [0.15, 0.2) is 42.5 Å². The Morgan fingerprint density at radius 2 is 1.68 bits per heavy atom. The molecule has 1 N–H and O–H groups in total. The Balaban J connectivity index is 1.46. The topological polar surface area (TPSA) is 56.4 Å². The predicted molar refractivity (Wildman–Crippen MR) is 112 cm³/mol. The molecule has 0 aliphatic carbocycles. The Labute approximate surface area is 168 Å². The zero-order valence-electron chi connectivity index (χ0n) is 16.3. The number of aryl methyl sites for hydroxylation is 4. The third-order valence-corrected chi connectivity index (χ3v) is 5.07. The molecular weight excluding hydrogens is 374 g/mol. The average Bonchev–Trinajstić information content (AvgIpc) is 3.11. The minimum Gasteiger partial charge on any atom is -0.473 e. The van der Waals surface area contributed by atoms with Gasteiger partial charge in [-0.05, 0) is 68.3 Å². The molecule has 0 amide bonds. The van der Waals surface area contributed by atoms with Gasteiger partial charge in [-0.3, -0.25) is 0 Å². The number of anilines is 1. The maximum Gasteiger partial charge on any atom is 0.177 e. The smallest absolute Gasteiger partial charge is 0.177 e. The average molecular weight is 396 g/mol. The van der Waals surface area contributed by atoms with Crippen LogP contribution in [0.25, 0.3) is 17.0 Å². The number of ether oxygens (including phenoxy) is 1. The van der Waals surface area contributed by atoms with Crippen molar-refractivity contribution in [1.82, 2.24) is 19.4 Å². The molecular formula is C21H22ClN5O. The molecule has 28 heavy (non-hydrogen) atoms. The van der Waals surface area contributed by atoms with Crippen LogP contribution in [0.2, 0.25) is 5.02 Å². The number of nitrogens with one attached hydrogen (secondary N) is 1. The highest BCUT2D eigenvalue weighted by Crippen LogP contribution is 2.26. The highest BCUT2D eigenvalue weighted by Gasteiger charge is 2.16. The second-order valence-corrected chi connectivity index (χ2v) is 7.34. The molecule has 0 bridgehead atoms. The molecule has 2 aromatic heterocycles. The van der Waals surface area contributed by atoms with Crippen LogP contribution in [-0.2, 0) is 7.05 Å². The highest BCUT2D eigenvalue weighted by molar-refractivity contribution is 6.34. The SMILES string of the molecule is Cc1cc(C)cc(OCNc2ccc(-c3nn4nc(C)c(Cl)c4n3C)cc2)c1. The molecule has 4 rings (SSSR count). The molecule has 0 unspecified atom stereocenters. The Morgan fingerprint density at radius 1 is 1.00 bits per heavy atom. The van der Waals surface area contributed by atoms with Gasteiger partial charge in [0.2, 0.25) is 0 Å². The molecule has 0 spiro atoms. The maximum atomic E-state index is 6.33. The molecule has 0 fully saturated rings. The van der Waals surface area contributed by atoms with Gasteiger partial charge in [-0.2, -0.15) is 5.10 Å². The minimum absolute atomic E-state index is 0.396. The summed E-state index contributed by atoms with van der Waals surface area (Å²) < 4.78 is 9.34. The van der Waals surface area contributed by atoms with E-state index in [2.05, 4.69) is 35.4 Å². The Hall–Kier alpha value is -2.99. The van der Waals surface area contributed by atoms with E-state index in [0.29, 0.717) is 11.8 Å². The summed E-state index contributed by atoms with van der Waals surface area (Å²) in [4.78, 5) is 0. The fourth-order valence-electron chi connectivity index (χ4n) is 3.30. The van der Waals surface area contributed by atoms with Crippen LogP contribution in [0.4, 0.5) is 5.69 Å². The summed E-state index contributed by atoms with van der Waals surface area (Å²) in [5, 5.41) is 12.8. The first-order valence-electron chi connectivity index (χ1n) is 9.05. The number of halogens is 1. The van der Waals surface area contributed by atoms with E-state index in [-0.39, 0.29) is 0 Å². The van der Waals surface area contributed by atoms with Crippen molar-refractivity contribution >= 4 is 22.9 Å². The van der Waals surface area contributed by atoms with Crippen molar-refractivity contribution < 1.29 is 4.74 Å². The van der Waals surface area contributed by atoms with Crippen molar-refractivity contribution in [3.05, 3.63) is 64.3 Å². The van der Waals surface area contributed by atoms with Gasteiger partial charge in [-0.25, -0.2) is 0 Å². The number of benzene rings is 2. The summed E-state index contributed by atoms with van der Waals surface area (Å²) in [6.07, 6.45) is 0. The lowest BCUT2D eigenvalue weighted by atomic mass is 10.1. The second-order valence-electron chi connectivity index (χ2n) is 6.96. The highest BCUT2D eigenvalue weighted by atomic mass is 35.5. The number of rotatable bonds is 5. The van der Waals surface area contributed by atoms with Crippen molar-refractivity contribution in [3.8, 4) is 17.1 Å². The van der Waals surface area contributed by atoms with E-state index in [9.17, 15) is 0 Å². The Bertz CT molecular complexity index is 1120. The summed E-state index contributed by atoms with van der Waals surface area (Å²) in [5.41, 5.74) is 5.91. The van der Waals surface area contributed by atoms with Crippen LogP contribution < -0.4 is 10.1 Å². The normalized spacial score (nSPS) is 11.2. The molecule has 0 saturated carbocycles. The van der Waals surface area contributed by atoms with Crippen LogP contribution in [0.1, 0.15) is 16.8 Å². The first-order valence-corrected chi connectivity index (χ1v) is 9.43. The predicted octanol–water partition coefficient (Wildman–Crippen LogP) is 4.76. The van der Waals surface area contributed by atoms with Gasteiger partial charge in [0.1, 0.15) is 10.8 Å². The van der Waals surface area contributed by atoms with Gasteiger partial charge >= 0.3 is 0 Å². The van der Waals surface area contributed by atoms with E-state index in [1.165, 1.54) is 11.1 Å². The molecule has 2 heterocycles. The number of hydrogen-bond acceptors (Lipinski definition) is 4. The van der Waals surface area contributed by atoms with Crippen molar-refractivity contribution in [2.24, 2.45) is 7.05 Å². The molecule has 0 aliphatic heterocycles.